The molecule has 0 radical (unpaired) electrons. The van der Waals surface area contributed by atoms with Gasteiger partial charge in [-0.2, -0.15) is 5.10 Å². The number of rotatable bonds is 13. The van der Waals surface area contributed by atoms with E-state index in [9.17, 15) is 9.59 Å². The van der Waals surface area contributed by atoms with Crippen LogP contribution in [-0.2, 0) is 22.6 Å². The van der Waals surface area contributed by atoms with Crippen LogP contribution < -0.4 is 14.4 Å². The van der Waals surface area contributed by atoms with Crippen molar-refractivity contribution >= 4 is 17.6 Å². The predicted molar refractivity (Wildman–Crippen MR) is 167 cm³/mol. The van der Waals surface area contributed by atoms with Crippen molar-refractivity contribution in [1.29, 1.82) is 0 Å². The molecule has 224 valence electrons. The number of carbonyl (C=O) groups is 2. The minimum atomic E-state index is -0.819. The van der Waals surface area contributed by atoms with Gasteiger partial charge in [0.25, 0.3) is 0 Å². The molecule has 4 aromatic rings. The lowest BCUT2D eigenvalue weighted by Crippen LogP contribution is -2.35. The van der Waals surface area contributed by atoms with E-state index >= 15 is 0 Å². The van der Waals surface area contributed by atoms with Crippen LogP contribution in [0.15, 0.2) is 73.1 Å². The van der Waals surface area contributed by atoms with E-state index in [2.05, 4.69) is 37.1 Å². The van der Waals surface area contributed by atoms with Gasteiger partial charge in [-0.15, -0.1) is 0 Å². The fourth-order valence-electron chi connectivity index (χ4n) is 5.50. The fraction of sp³-hybridized carbons (Fsp3) is 0.343. The Kier molecular flexibility index (Phi) is 9.77. The van der Waals surface area contributed by atoms with Crippen LogP contribution in [0.4, 0.5) is 5.69 Å². The molecule has 0 aliphatic carbocycles. The zero-order valence-corrected chi connectivity index (χ0v) is 24.9. The maximum absolute atomic E-state index is 13.3. The van der Waals surface area contributed by atoms with Gasteiger partial charge in [0.05, 0.1) is 26.0 Å². The van der Waals surface area contributed by atoms with Crippen LogP contribution in [0.2, 0.25) is 0 Å². The summed E-state index contributed by atoms with van der Waals surface area (Å²) in [6, 6.07) is 20.0. The molecule has 0 unspecified atom stereocenters. The van der Waals surface area contributed by atoms with E-state index in [4.69, 9.17) is 14.6 Å². The minimum absolute atomic E-state index is 0.0914. The first-order valence-corrected chi connectivity index (χ1v) is 15.0. The Hall–Kier alpha value is -4.59. The first-order chi connectivity index (χ1) is 20.9. The number of aromatic nitrogens is 2. The molecule has 43 heavy (non-hydrogen) atoms. The summed E-state index contributed by atoms with van der Waals surface area (Å²) in [7, 11) is 0. The Morgan fingerprint density at radius 2 is 1.74 bits per heavy atom. The molecule has 2 heterocycles. The third-order valence-electron chi connectivity index (χ3n) is 7.89. The summed E-state index contributed by atoms with van der Waals surface area (Å²) >= 11 is 0. The zero-order chi connectivity index (χ0) is 30.2. The lowest BCUT2D eigenvalue weighted by Gasteiger charge is -2.31. The smallest absolute Gasteiger partial charge is 0.303 e. The third kappa shape index (κ3) is 7.63. The average molecular weight is 582 g/mol. The van der Waals surface area contributed by atoms with Crippen molar-refractivity contribution in [2.24, 2.45) is 0 Å². The number of aliphatic carboxylic acids is 1. The molecule has 0 atom stereocenters. The van der Waals surface area contributed by atoms with Crippen molar-refractivity contribution < 1.29 is 24.2 Å². The number of carboxylic acids is 1. The Morgan fingerprint density at radius 1 is 0.953 bits per heavy atom. The highest BCUT2D eigenvalue weighted by atomic mass is 16.5. The summed E-state index contributed by atoms with van der Waals surface area (Å²) in [4.78, 5) is 26.0. The van der Waals surface area contributed by atoms with Gasteiger partial charge in [0.1, 0.15) is 11.5 Å². The standard InChI is InChI=1S/C35H39N3O5/c1-25-9-3-15-33(26(25)2)43-20-7-16-34(39)38-18-6-13-31-30(12-5-14-32(31)38)28-22-36-37(24-28)23-27-10-4-11-29(21-27)42-19-8-17-35(40)41/h3-5,9-12,14-15,21-22,24H,6-8,13,16-20,23H2,1-2H3,(H,40,41). The molecular formula is C35H39N3O5. The first-order valence-electron chi connectivity index (χ1n) is 15.0. The van der Waals surface area contributed by atoms with Gasteiger partial charge in [-0.25, -0.2) is 0 Å². The van der Waals surface area contributed by atoms with Crippen molar-refractivity contribution in [2.75, 3.05) is 24.7 Å². The number of carbonyl (C=O) groups excluding carboxylic acids is 1. The van der Waals surface area contributed by atoms with Gasteiger partial charge in [-0.3, -0.25) is 14.3 Å². The van der Waals surface area contributed by atoms with Crippen LogP contribution in [0, 0.1) is 13.8 Å². The van der Waals surface area contributed by atoms with E-state index < -0.39 is 5.97 Å². The maximum Gasteiger partial charge on any atom is 0.303 e. The van der Waals surface area contributed by atoms with Crippen LogP contribution in [0.5, 0.6) is 11.5 Å². The van der Waals surface area contributed by atoms with E-state index in [-0.39, 0.29) is 12.3 Å². The molecule has 3 aromatic carbocycles. The second kappa shape index (κ2) is 14.1. The third-order valence-corrected chi connectivity index (χ3v) is 7.89. The number of hydrogen-bond acceptors (Lipinski definition) is 5. The van der Waals surface area contributed by atoms with Crippen LogP contribution >= 0.6 is 0 Å². The van der Waals surface area contributed by atoms with E-state index in [0.717, 1.165) is 53.1 Å². The highest BCUT2D eigenvalue weighted by molar-refractivity contribution is 5.96. The summed E-state index contributed by atoms with van der Waals surface area (Å²) in [5.41, 5.74) is 7.69. The minimum Gasteiger partial charge on any atom is -0.494 e. The SMILES string of the molecule is Cc1cccc(OCCCC(=O)N2CCCc3c(-c4cnn(Cc5cccc(OCCCC(=O)O)c5)c4)cccc32)c1C. The molecule has 1 aliphatic heterocycles. The lowest BCUT2D eigenvalue weighted by molar-refractivity contribution is -0.137. The second-order valence-corrected chi connectivity index (χ2v) is 11.0. The molecule has 1 aliphatic rings. The number of hydrogen-bond donors (Lipinski definition) is 1. The Bertz CT molecular complexity index is 1580. The summed E-state index contributed by atoms with van der Waals surface area (Å²) < 4.78 is 13.6. The van der Waals surface area contributed by atoms with Crippen molar-refractivity contribution in [3.8, 4) is 22.6 Å². The Morgan fingerprint density at radius 3 is 2.60 bits per heavy atom. The largest absolute Gasteiger partial charge is 0.494 e. The normalized spacial score (nSPS) is 12.6. The summed E-state index contributed by atoms with van der Waals surface area (Å²) in [5, 5.41) is 13.4. The molecule has 5 rings (SSSR count). The second-order valence-electron chi connectivity index (χ2n) is 11.0. The van der Waals surface area contributed by atoms with E-state index in [1.807, 2.05) is 64.4 Å². The number of fused-ring (bicyclic) bond motifs is 1. The number of nitrogens with zero attached hydrogens (tertiary/aromatic N) is 3. The monoisotopic (exact) mass is 581 g/mol. The van der Waals surface area contributed by atoms with Gasteiger partial charge in [0, 0.05) is 36.8 Å². The number of aryl methyl sites for hydroxylation is 1. The average Bonchev–Trinajstić information content (AvgIpc) is 3.47. The molecule has 0 bridgehead atoms. The molecule has 8 nitrogen and oxygen atoms in total. The van der Waals surface area contributed by atoms with Gasteiger partial charge in [0.15, 0.2) is 0 Å². The number of anilines is 1. The molecular weight excluding hydrogens is 542 g/mol. The zero-order valence-electron chi connectivity index (χ0n) is 24.9. The summed E-state index contributed by atoms with van der Waals surface area (Å²) in [5.74, 6) is 0.910. The molecule has 8 heteroatoms. The van der Waals surface area contributed by atoms with Gasteiger partial charge < -0.3 is 19.5 Å². The van der Waals surface area contributed by atoms with Gasteiger partial charge in [-0.05, 0) is 91.6 Å². The topological polar surface area (TPSA) is 93.9 Å². The van der Waals surface area contributed by atoms with Gasteiger partial charge in [-0.1, -0.05) is 36.4 Å². The van der Waals surface area contributed by atoms with Crippen molar-refractivity contribution in [3.05, 3.63) is 95.3 Å². The molecule has 1 amide bonds. The summed E-state index contributed by atoms with van der Waals surface area (Å²) in [6.45, 7) is 6.31. The molecule has 0 saturated carbocycles. The van der Waals surface area contributed by atoms with Crippen molar-refractivity contribution in [2.45, 2.75) is 58.9 Å². The molecule has 1 N–H and O–H groups in total. The quantitative estimate of drug-likeness (QED) is 0.179. The highest BCUT2D eigenvalue weighted by Crippen LogP contribution is 2.36. The number of benzene rings is 3. The number of ether oxygens (including phenoxy) is 2. The number of carboxylic acid groups (broad SMARTS) is 1. The first kappa shape index (κ1) is 29.9. The van der Waals surface area contributed by atoms with E-state index in [1.165, 1.54) is 11.1 Å². The molecule has 0 saturated heterocycles. The molecule has 1 aromatic heterocycles. The van der Waals surface area contributed by atoms with Crippen molar-refractivity contribution in [1.82, 2.24) is 9.78 Å². The van der Waals surface area contributed by atoms with Gasteiger partial charge in [0.2, 0.25) is 5.91 Å². The highest BCUT2D eigenvalue weighted by Gasteiger charge is 2.24. The molecule has 0 spiro atoms. The maximum atomic E-state index is 13.3. The molecule has 0 fully saturated rings. The van der Waals surface area contributed by atoms with Crippen LogP contribution in [0.1, 0.15) is 54.4 Å². The van der Waals surface area contributed by atoms with Crippen LogP contribution in [-0.4, -0.2) is 46.5 Å². The van der Waals surface area contributed by atoms with Crippen LogP contribution in [0.3, 0.4) is 0 Å². The van der Waals surface area contributed by atoms with E-state index in [1.54, 1.807) is 0 Å². The van der Waals surface area contributed by atoms with Crippen LogP contribution in [0.25, 0.3) is 11.1 Å². The van der Waals surface area contributed by atoms with E-state index in [0.29, 0.717) is 44.8 Å². The van der Waals surface area contributed by atoms with Crippen molar-refractivity contribution in [3.63, 3.8) is 0 Å². The van der Waals surface area contributed by atoms with Gasteiger partial charge >= 0.3 is 5.97 Å². The Labute approximate surface area is 252 Å². The number of amides is 1. The lowest BCUT2D eigenvalue weighted by atomic mass is 9.93. The fourth-order valence-corrected chi connectivity index (χ4v) is 5.50. The Balaban J connectivity index is 1.21. The predicted octanol–water partition coefficient (Wildman–Crippen LogP) is 6.60. The summed E-state index contributed by atoms with van der Waals surface area (Å²) in [6.07, 6.45) is 7.42.